The maximum atomic E-state index is 13.6. The van der Waals surface area contributed by atoms with Crippen molar-refractivity contribution in [1.82, 2.24) is 4.90 Å². The largest absolute Gasteiger partial charge is 0.361 e. The van der Waals surface area contributed by atoms with Gasteiger partial charge in [-0.25, -0.2) is 0 Å². The quantitative estimate of drug-likeness (QED) is 0.300. The van der Waals surface area contributed by atoms with E-state index < -0.39 is 19.4 Å². The van der Waals surface area contributed by atoms with E-state index >= 15 is 0 Å². The number of benzene rings is 2. The number of nitrogens with two attached hydrogens (primary N) is 1. The zero-order chi connectivity index (χ0) is 25.0. The average molecular weight is 487 g/mol. The van der Waals surface area contributed by atoms with Gasteiger partial charge in [-0.2, -0.15) is 0 Å². The molecule has 34 heavy (non-hydrogen) atoms. The van der Waals surface area contributed by atoms with Gasteiger partial charge in [0.25, 0.3) is 5.91 Å². The number of carbonyl (C=O) groups is 2. The van der Waals surface area contributed by atoms with Gasteiger partial charge < -0.3 is 15.8 Å². The van der Waals surface area contributed by atoms with Gasteiger partial charge >= 0.3 is 7.80 Å². The molecule has 0 aliphatic rings. The van der Waals surface area contributed by atoms with E-state index in [2.05, 4.69) is 5.32 Å². The number of anilines is 1. The van der Waals surface area contributed by atoms with E-state index in [0.29, 0.717) is 12.1 Å². The zero-order valence-corrected chi connectivity index (χ0v) is 21.3. The lowest BCUT2D eigenvalue weighted by atomic mass is 9.96. The molecule has 0 aliphatic heterocycles. The van der Waals surface area contributed by atoms with Crippen LogP contribution in [0, 0.1) is 5.92 Å². The summed E-state index contributed by atoms with van der Waals surface area (Å²) < 4.78 is 18.6. The van der Waals surface area contributed by atoms with E-state index in [0.717, 1.165) is 12.0 Å². The van der Waals surface area contributed by atoms with Crippen LogP contribution in [0.15, 0.2) is 60.7 Å². The number of methoxy groups -OCH3 is 1. The topological polar surface area (TPSA) is 102 Å². The molecule has 8 heteroatoms. The molecule has 2 atom stereocenters. The number of hydrogen-bond acceptors (Lipinski definition) is 5. The van der Waals surface area contributed by atoms with E-state index in [4.69, 9.17) is 10.5 Å². The Morgan fingerprint density at radius 2 is 1.71 bits per heavy atom. The number of amides is 2. The molecule has 2 rings (SSSR count). The summed E-state index contributed by atoms with van der Waals surface area (Å²) in [6, 6.07) is 19.0. The van der Waals surface area contributed by atoms with Crippen molar-refractivity contribution in [2.45, 2.75) is 45.3 Å². The van der Waals surface area contributed by atoms with Gasteiger partial charge in [0.1, 0.15) is 0 Å². The monoisotopic (exact) mass is 486 g/mol. The van der Waals surface area contributed by atoms with E-state index in [9.17, 15) is 14.2 Å². The van der Waals surface area contributed by atoms with Gasteiger partial charge in [0.15, 0.2) is 6.16 Å². The van der Waals surface area contributed by atoms with Gasteiger partial charge in [-0.15, -0.1) is 0 Å². The van der Waals surface area contributed by atoms with E-state index in [-0.39, 0.29) is 43.7 Å². The summed E-state index contributed by atoms with van der Waals surface area (Å²) in [6.45, 7) is 4.16. The highest BCUT2D eigenvalue weighted by Gasteiger charge is 2.50. The first-order chi connectivity index (χ1) is 16.3. The van der Waals surface area contributed by atoms with Crippen molar-refractivity contribution in [2.75, 3.05) is 31.4 Å². The second-order valence-corrected chi connectivity index (χ2v) is 10.4. The Morgan fingerprint density at radius 3 is 2.26 bits per heavy atom. The lowest BCUT2D eigenvalue weighted by Gasteiger charge is -2.40. The Balaban J connectivity index is 2.33. The fourth-order valence-corrected chi connectivity index (χ4v) is 5.04. The fourth-order valence-electron chi connectivity index (χ4n) is 3.91. The third-order valence-electron chi connectivity index (χ3n) is 5.52. The number of carbonyl (C=O) groups excluding carboxylic acids is 2. The Bertz CT molecular complexity index is 924. The summed E-state index contributed by atoms with van der Waals surface area (Å²) in [5.41, 5.74) is 5.76. The van der Waals surface area contributed by atoms with Crippen LogP contribution in [0.25, 0.3) is 0 Å². The van der Waals surface area contributed by atoms with Gasteiger partial charge in [-0.05, 0) is 36.5 Å². The highest BCUT2D eigenvalue weighted by molar-refractivity contribution is 7.44. The van der Waals surface area contributed by atoms with Gasteiger partial charge in [-0.1, -0.05) is 66.9 Å². The number of rotatable bonds is 14. The number of ether oxygens (including phenoxy) is 1. The number of nitrogens with one attached hydrogen (secondary N) is 1. The minimum Gasteiger partial charge on any atom is -0.350 e. The molecule has 0 spiro atoms. The highest BCUT2D eigenvalue weighted by Crippen LogP contribution is 2.33. The summed E-state index contributed by atoms with van der Waals surface area (Å²) in [6.07, 6.45) is 2.00. The molecular formula is C26H37N3O4P+. The normalized spacial score (nSPS) is 13.3. The van der Waals surface area contributed by atoms with Crippen molar-refractivity contribution in [1.29, 1.82) is 0 Å². The number of aryl methyl sites for hydroxylation is 1. The molecule has 0 radical (unpaired) electrons. The van der Waals surface area contributed by atoms with E-state index in [1.165, 1.54) is 12.0 Å². The molecule has 0 saturated carbocycles. The molecule has 0 fully saturated rings. The molecule has 3 N–H and O–H groups in total. The van der Waals surface area contributed by atoms with Gasteiger partial charge in [0.2, 0.25) is 17.9 Å². The summed E-state index contributed by atoms with van der Waals surface area (Å²) in [5.74, 6) is -0.682. The molecule has 2 amide bonds. The van der Waals surface area contributed by atoms with Gasteiger partial charge in [-0.3, -0.25) is 14.5 Å². The first-order valence-corrected chi connectivity index (χ1v) is 13.3. The molecule has 0 bridgehead atoms. The molecular weight excluding hydrogens is 449 g/mol. The van der Waals surface area contributed by atoms with Crippen molar-refractivity contribution in [3.63, 3.8) is 0 Å². The highest BCUT2D eigenvalue weighted by atomic mass is 31.1. The van der Waals surface area contributed by atoms with Crippen molar-refractivity contribution in [2.24, 2.45) is 11.7 Å². The van der Waals surface area contributed by atoms with Crippen molar-refractivity contribution < 1.29 is 18.9 Å². The Hall–Kier alpha value is -2.60. The van der Waals surface area contributed by atoms with Crippen LogP contribution in [0.4, 0.5) is 5.69 Å². The summed E-state index contributed by atoms with van der Waals surface area (Å²) in [5, 5.41) is 2.88. The molecule has 184 valence electrons. The Kier molecular flexibility index (Phi) is 11.3. The molecule has 0 aromatic heterocycles. The van der Waals surface area contributed by atoms with Crippen LogP contribution in [0.1, 0.15) is 38.7 Å². The second-order valence-electron chi connectivity index (χ2n) is 8.70. The predicted octanol–water partition coefficient (Wildman–Crippen LogP) is 4.61. The van der Waals surface area contributed by atoms with Crippen molar-refractivity contribution in [3.05, 3.63) is 66.2 Å². The number of nitrogens with zero attached hydrogens (tertiary/aromatic N) is 1. The van der Waals surface area contributed by atoms with Crippen LogP contribution in [0.3, 0.4) is 0 Å². The molecule has 2 aromatic rings. The van der Waals surface area contributed by atoms with Crippen molar-refractivity contribution in [3.8, 4) is 0 Å². The van der Waals surface area contributed by atoms with Crippen LogP contribution in [0.2, 0.25) is 0 Å². The fraction of sp³-hybridized carbons (Fsp3) is 0.462. The zero-order valence-electron chi connectivity index (χ0n) is 20.4. The molecule has 2 aromatic carbocycles. The Morgan fingerprint density at radius 1 is 1.09 bits per heavy atom. The van der Waals surface area contributed by atoms with Gasteiger partial charge in [0, 0.05) is 32.2 Å². The van der Waals surface area contributed by atoms with E-state index in [1.54, 1.807) is 12.1 Å². The summed E-state index contributed by atoms with van der Waals surface area (Å²) in [7, 11) is -0.396. The molecule has 7 nitrogen and oxygen atoms in total. The van der Waals surface area contributed by atoms with Crippen molar-refractivity contribution >= 4 is 25.3 Å². The van der Waals surface area contributed by atoms with Gasteiger partial charge in [0.05, 0.1) is 0 Å². The number of para-hydroxylation sites is 1. The summed E-state index contributed by atoms with van der Waals surface area (Å²) >= 11 is 0. The van der Waals surface area contributed by atoms with Crippen LogP contribution >= 0.6 is 7.80 Å². The second kappa shape index (κ2) is 14.0. The molecule has 0 aliphatic carbocycles. The average Bonchev–Trinajstić information content (AvgIpc) is 2.82. The lowest BCUT2D eigenvalue weighted by Crippen LogP contribution is -2.61. The predicted molar refractivity (Wildman–Crippen MR) is 137 cm³/mol. The SMILES string of the molecule is CO[C@](CC(C)C)(C(=O)Nc1ccccc1)N(C[P+](=O)CCN)C(=O)CCCc1ccccc1. The molecule has 0 heterocycles. The van der Waals surface area contributed by atoms with E-state index in [1.807, 2.05) is 62.4 Å². The minimum absolute atomic E-state index is 0.0356. The molecule has 1 unspecified atom stereocenters. The van der Waals surface area contributed by atoms with Crippen LogP contribution in [0.5, 0.6) is 0 Å². The maximum Gasteiger partial charge on any atom is 0.361 e. The smallest absolute Gasteiger partial charge is 0.350 e. The first-order valence-electron chi connectivity index (χ1n) is 11.7. The minimum atomic E-state index is -1.82. The third kappa shape index (κ3) is 8.01. The van der Waals surface area contributed by atoms with Crippen LogP contribution in [-0.4, -0.2) is 48.5 Å². The standard InChI is InChI=1S/C26H36N3O4P/c1-21(2)19-26(33-3,25(31)28-23-14-8-5-9-15-23)29(20-34(32)18-17-27)24(30)16-10-13-22-11-6-4-7-12-22/h4-9,11-12,14-15,21H,10,13,16-20,27H2,1-3H3/p+1/t26-/m1/s1. The lowest BCUT2D eigenvalue weighted by molar-refractivity contribution is -0.179. The number of hydrogen-bond donors (Lipinski definition) is 2. The Labute approximate surface area is 203 Å². The summed E-state index contributed by atoms with van der Waals surface area (Å²) in [4.78, 5) is 28.5. The maximum absolute atomic E-state index is 13.6. The molecule has 0 saturated heterocycles. The van der Waals surface area contributed by atoms with Crippen LogP contribution in [-0.2, 0) is 25.3 Å². The first kappa shape index (κ1) is 27.6. The van der Waals surface area contributed by atoms with Crippen LogP contribution < -0.4 is 11.1 Å². The third-order valence-corrected chi connectivity index (χ3v) is 6.88.